The number of hydrogen-bond acceptors (Lipinski definition) is 5. The molecule has 1 aliphatic heterocycles. The summed E-state index contributed by atoms with van der Waals surface area (Å²) in [6.45, 7) is 5.87. The van der Waals surface area contributed by atoms with Crippen molar-refractivity contribution in [3.05, 3.63) is 45.7 Å². The van der Waals surface area contributed by atoms with E-state index in [1.165, 1.54) is 4.88 Å². The first-order chi connectivity index (χ1) is 12.7. The number of aliphatic imine (C=N–C) groups is 1. The normalized spacial score (nSPS) is 15.2. The van der Waals surface area contributed by atoms with Crippen molar-refractivity contribution in [1.29, 1.82) is 0 Å². The van der Waals surface area contributed by atoms with Crippen LogP contribution < -0.4 is 15.5 Å². The van der Waals surface area contributed by atoms with Crippen LogP contribution in [0.3, 0.4) is 0 Å². The van der Waals surface area contributed by atoms with Crippen LogP contribution in [0.5, 0.6) is 0 Å². The molecule has 0 atom stereocenters. The van der Waals surface area contributed by atoms with Crippen LogP contribution in [0.4, 0.5) is 10.1 Å². The number of nitrogens with one attached hydrogen (secondary N) is 2. The molecule has 0 amide bonds. The standard InChI is InChI=1S/C18H24FN5OS/c1-13-10-21-17(26-13)12-23-18(20-2)22-11-14-3-4-16(15(19)9-14)24-5-7-25-8-6-24/h3-4,9-10H,5-8,11-12H2,1-2H3,(H2,20,22,23). The second-order valence-corrected chi connectivity index (χ2v) is 7.35. The van der Waals surface area contributed by atoms with Crippen LogP contribution in [0.25, 0.3) is 0 Å². The molecule has 8 heteroatoms. The molecule has 1 aliphatic rings. The molecular weight excluding hydrogens is 353 g/mol. The van der Waals surface area contributed by atoms with Gasteiger partial charge in [0, 0.05) is 37.8 Å². The van der Waals surface area contributed by atoms with Gasteiger partial charge in [-0.2, -0.15) is 0 Å². The van der Waals surface area contributed by atoms with Gasteiger partial charge in [-0.05, 0) is 24.6 Å². The Labute approximate surface area is 157 Å². The lowest BCUT2D eigenvalue weighted by atomic mass is 10.1. The zero-order chi connectivity index (χ0) is 18.4. The van der Waals surface area contributed by atoms with Crippen LogP contribution in [0, 0.1) is 12.7 Å². The van der Waals surface area contributed by atoms with Crippen molar-refractivity contribution < 1.29 is 9.13 Å². The average Bonchev–Trinajstić information content (AvgIpc) is 3.08. The molecule has 26 heavy (non-hydrogen) atoms. The van der Waals surface area contributed by atoms with E-state index in [4.69, 9.17) is 4.74 Å². The summed E-state index contributed by atoms with van der Waals surface area (Å²) in [6.07, 6.45) is 1.86. The third-order valence-corrected chi connectivity index (χ3v) is 5.04. The predicted octanol–water partition coefficient (Wildman–Crippen LogP) is 2.29. The maximum absolute atomic E-state index is 14.4. The second kappa shape index (κ2) is 8.95. The van der Waals surface area contributed by atoms with E-state index >= 15 is 0 Å². The third-order valence-electron chi connectivity index (χ3n) is 4.12. The van der Waals surface area contributed by atoms with E-state index in [1.807, 2.05) is 30.2 Å². The van der Waals surface area contributed by atoms with E-state index in [2.05, 4.69) is 20.6 Å². The van der Waals surface area contributed by atoms with Crippen molar-refractivity contribution in [2.75, 3.05) is 38.3 Å². The monoisotopic (exact) mass is 377 g/mol. The van der Waals surface area contributed by atoms with Gasteiger partial charge in [0.1, 0.15) is 10.8 Å². The fourth-order valence-electron chi connectivity index (χ4n) is 2.77. The Morgan fingerprint density at radius 1 is 1.31 bits per heavy atom. The first-order valence-corrected chi connectivity index (χ1v) is 9.44. The molecule has 2 aromatic rings. The molecule has 0 radical (unpaired) electrons. The minimum Gasteiger partial charge on any atom is -0.378 e. The minimum absolute atomic E-state index is 0.201. The summed E-state index contributed by atoms with van der Waals surface area (Å²) in [4.78, 5) is 11.7. The molecule has 0 unspecified atom stereocenters. The lowest BCUT2D eigenvalue weighted by Gasteiger charge is -2.29. The van der Waals surface area contributed by atoms with Crippen molar-refractivity contribution >= 4 is 23.0 Å². The quantitative estimate of drug-likeness (QED) is 0.618. The first-order valence-electron chi connectivity index (χ1n) is 8.62. The van der Waals surface area contributed by atoms with Crippen LogP contribution in [0.2, 0.25) is 0 Å². The van der Waals surface area contributed by atoms with Crippen molar-refractivity contribution in [3.8, 4) is 0 Å². The molecule has 1 fully saturated rings. The average molecular weight is 377 g/mol. The van der Waals surface area contributed by atoms with Gasteiger partial charge in [0.25, 0.3) is 0 Å². The van der Waals surface area contributed by atoms with Gasteiger partial charge >= 0.3 is 0 Å². The fourth-order valence-corrected chi connectivity index (χ4v) is 3.50. The Bertz CT molecular complexity index is 758. The number of rotatable bonds is 5. The Morgan fingerprint density at radius 3 is 2.73 bits per heavy atom. The molecule has 1 aromatic carbocycles. The van der Waals surface area contributed by atoms with Gasteiger partial charge in [0.05, 0.1) is 25.4 Å². The van der Waals surface area contributed by atoms with Gasteiger partial charge in [-0.3, -0.25) is 4.99 Å². The summed E-state index contributed by atoms with van der Waals surface area (Å²) in [5.41, 5.74) is 1.51. The summed E-state index contributed by atoms with van der Waals surface area (Å²) in [6, 6.07) is 5.36. The van der Waals surface area contributed by atoms with Crippen molar-refractivity contribution in [1.82, 2.24) is 15.6 Å². The number of morpholine rings is 1. The number of nitrogens with zero attached hydrogens (tertiary/aromatic N) is 3. The van der Waals surface area contributed by atoms with Gasteiger partial charge in [0.15, 0.2) is 5.96 Å². The number of ether oxygens (including phenoxy) is 1. The Morgan fingerprint density at radius 2 is 2.08 bits per heavy atom. The highest BCUT2D eigenvalue weighted by Gasteiger charge is 2.15. The van der Waals surface area contributed by atoms with Gasteiger partial charge in [-0.25, -0.2) is 9.37 Å². The minimum atomic E-state index is -0.201. The zero-order valence-corrected chi connectivity index (χ0v) is 15.9. The summed E-state index contributed by atoms with van der Waals surface area (Å²) < 4.78 is 19.8. The smallest absolute Gasteiger partial charge is 0.191 e. The maximum atomic E-state index is 14.4. The first kappa shape index (κ1) is 18.6. The number of halogens is 1. The van der Waals surface area contributed by atoms with Crippen LogP contribution >= 0.6 is 11.3 Å². The van der Waals surface area contributed by atoms with Crippen LogP contribution in [0.15, 0.2) is 29.4 Å². The topological polar surface area (TPSA) is 61.8 Å². The summed E-state index contributed by atoms with van der Waals surface area (Å²) >= 11 is 1.65. The number of hydrogen-bond donors (Lipinski definition) is 2. The van der Waals surface area contributed by atoms with E-state index in [9.17, 15) is 4.39 Å². The van der Waals surface area contributed by atoms with Crippen LogP contribution in [0.1, 0.15) is 15.4 Å². The van der Waals surface area contributed by atoms with Crippen molar-refractivity contribution in [2.24, 2.45) is 4.99 Å². The Hall–Kier alpha value is -2.19. The number of aryl methyl sites for hydroxylation is 1. The highest BCUT2D eigenvalue weighted by Crippen LogP contribution is 2.21. The van der Waals surface area contributed by atoms with E-state index in [1.54, 1.807) is 24.5 Å². The van der Waals surface area contributed by atoms with E-state index in [0.717, 1.165) is 23.7 Å². The van der Waals surface area contributed by atoms with Gasteiger partial charge in [-0.1, -0.05) is 6.07 Å². The van der Waals surface area contributed by atoms with Crippen molar-refractivity contribution in [3.63, 3.8) is 0 Å². The van der Waals surface area contributed by atoms with E-state index in [0.29, 0.717) is 38.0 Å². The van der Waals surface area contributed by atoms with Crippen LogP contribution in [-0.4, -0.2) is 44.3 Å². The highest BCUT2D eigenvalue weighted by atomic mass is 32.1. The number of aromatic nitrogens is 1. The van der Waals surface area contributed by atoms with Gasteiger partial charge in [0.2, 0.25) is 0 Å². The number of guanidine groups is 1. The highest BCUT2D eigenvalue weighted by molar-refractivity contribution is 7.11. The third kappa shape index (κ3) is 4.92. The molecule has 0 aliphatic carbocycles. The number of thiazole rings is 1. The second-order valence-electron chi connectivity index (χ2n) is 6.03. The molecule has 3 rings (SSSR count). The molecule has 0 saturated carbocycles. The zero-order valence-electron chi connectivity index (χ0n) is 15.1. The molecule has 1 aromatic heterocycles. The number of anilines is 1. The SMILES string of the molecule is CN=C(NCc1ccc(N2CCOCC2)c(F)c1)NCc1ncc(C)s1. The molecule has 1 saturated heterocycles. The van der Waals surface area contributed by atoms with Crippen molar-refractivity contribution in [2.45, 2.75) is 20.0 Å². The Kier molecular flexibility index (Phi) is 6.40. The van der Waals surface area contributed by atoms with Crippen LogP contribution in [-0.2, 0) is 17.8 Å². The molecule has 2 N–H and O–H groups in total. The van der Waals surface area contributed by atoms with Gasteiger partial charge in [-0.15, -0.1) is 11.3 Å². The Balaban J connectivity index is 1.53. The summed E-state index contributed by atoms with van der Waals surface area (Å²) in [5.74, 6) is 0.461. The fraction of sp³-hybridized carbons (Fsp3) is 0.444. The molecule has 0 spiro atoms. The largest absolute Gasteiger partial charge is 0.378 e. The molecule has 2 heterocycles. The van der Waals surface area contributed by atoms with Gasteiger partial charge < -0.3 is 20.3 Å². The van der Waals surface area contributed by atoms with E-state index in [-0.39, 0.29) is 5.82 Å². The van der Waals surface area contributed by atoms with E-state index < -0.39 is 0 Å². The molecule has 0 bridgehead atoms. The lowest BCUT2D eigenvalue weighted by molar-refractivity contribution is 0.122. The molecular formula is C18H24FN5OS. The number of benzene rings is 1. The summed E-state index contributed by atoms with van der Waals surface area (Å²) in [5, 5.41) is 7.43. The lowest BCUT2D eigenvalue weighted by Crippen LogP contribution is -2.37. The summed E-state index contributed by atoms with van der Waals surface area (Å²) in [7, 11) is 1.71. The molecule has 140 valence electrons. The maximum Gasteiger partial charge on any atom is 0.191 e. The molecule has 6 nitrogen and oxygen atoms in total. The predicted molar refractivity (Wildman–Crippen MR) is 103 cm³/mol.